The van der Waals surface area contributed by atoms with Crippen molar-refractivity contribution in [1.29, 1.82) is 0 Å². The zero-order valence-electron chi connectivity index (χ0n) is 11.9. The second kappa shape index (κ2) is 5.11. The lowest BCUT2D eigenvalue weighted by atomic mass is 10.1. The van der Waals surface area contributed by atoms with E-state index in [2.05, 4.69) is 5.32 Å². The van der Waals surface area contributed by atoms with Gasteiger partial charge in [-0.15, -0.1) is 11.8 Å². The highest BCUT2D eigenvalue weighted by Crippen LogP contribution is 2.49. The molecule has 112 valence electrons. The summed E-state index contributed by atoms with van der Waals surface area (Å²) < 4.78 is 14.0. The van der Waals surface area contributed by atoms with Crippen LogP contribution in [0.2, 0.25) is 0 Å². The van der Waals surface area contributed by atoms with Gasteiger partial charge in [-0.05, 0) is 12.1 Å². The maximum absolute atomic E-state index is 14.0. The van der Waals surface area contributed by atoms with Gasteiger partial charge < -0.3 is 4.90 Å². The van der Waals surface area contributed by atoms with Crippen molar-refractivity contribution in [2.24, 2.45) is 0 Å². The van der Waals surface area contributed by atoms with Gasteiger partial charge in [0.05, 0.1) is 12.2 Å². The molecule has 0 saturated carbocycles. The fourth-order valence-electron chi connectivity index (χ4n) is 3.17. The van der Waals surface area contributed by atoms with Crippen molar-refractivity contribution < 1.29 is 9.18 Å². The molecule has 1 N–H and O–H groups in total. The van der Waals surface area contributed by atoms with E-state index in [4.69, 9.17) is 0 Å². The lowest BCUT2D eigenvalue weighted by Crippen LogP contribution is -2.44. The minimum Gasteiger partial charge on any atom is -0.305 e. The number of amides is 1. The average Bonchev–Trinajstić information content (AvgIpc) is 3.11. The fourth-order valence-corrected chi connectivity index (χ4v) is 4.44. The largest absolute Gasteiger partial charge is 0.305 e. The van der Waals surface area contributed by atoms with Gasteiger partial charge in [0.15, 0.2) is 4.87 Å². The molecule has 2 heterocycles. The maximum Gasteiger partial charge on any atom is 0.262 e. The third-order valence-electron chi connectivity index (χ3n) is 4.20. The molecule has 1 fully saturated rings. The quantitative estimate of drug-likeness (QED) is 0.925. The number of halogens is 1. The summed E-state index contributed by atoms with van der Waals surface area (Å²) in [4.78, 5) is 14.0. The minimum absolute atomic E-state index is 0.000506. The predicted octanol–water partition coefficient (Wildman–Crippen LogP) is 2.86. The molecule has 1 atom stereocenters. The van der Waals surface area contributed by atoms with Crippen LogP contribution in [0.15, 0.2) is 48.5 Å². The Hall–Kier alpha value is -1.85. The first kappa shape index (κ1) is 13.8. The van der Waals surface area contributed by atoms with Crippen molar-refractivity contribution in [2.75, 3.05) is 17.2 Å². The molecule has 2 aliphatic rings. The van der Waals surface area contributed by atoms with Crippen LogP contribution in [-0.4, -0.2) is 18.2 Å². The summed E-state index contributed by atoms with van der Waals surface area (Å²) in [5.74, 6) is 0.619. The molecule has 0 bridgehead atoms. The fraction of sp³-hybridized carbons (Fsp3) is 0.235. The summed E-state index contributed by atoms with van der Waals surface area (Å²) in [6.45, 7) is 1.06. The number of nitrogens with zero attached hydrogens (tertiary/aromatic N) is 1. The van der Waals surface area contributed by atoms with Gasteiger partial charge in [0, 0.05) is 23.4 Å². The van der Waals surface area contributed by atoms with Crippen molar-refractivity contribution in [1.82, 2.24) is 5.32 Å². The molecule has 0 aliphatic carbocycles. The van der Waals surface area contributed by atoms with E-state index in [9.17, 15) is 9.18 Å². The van der Waals surface area contributed by atoms with E-state index < -0.39 is 4.87 Å². The molecular weight excluding hydrogens is 299 g/mol. The van der Waals surface area contributed by atoms with E-state index in [1.807, 2.05) is 24.3 Å². The Balaban J connectivity index is 1.78. The number of benzene rings is 2. The molecule has 2 aliphatic heterocycles. The normalized spacial score (nSPS) is 23.3. The number of carbonyl (C=O) groups excluding carboxylic acids is 1. The van der Waals surface area contributed by atoms with Crippen LogP contribution in [0, 0.1) is 5.82 Å². The van der Waals surface area contributed by atoms with Crippen LogP contribution in [0.4, 0.5) is 10.1 Å². The Bertz CT molecular complexity index is 743. The van der Waals surface area contributed by atoms with E-state index in [-0.39, 0.29) is 18.3 Å². The molecular formula is C17H15FN2OS. The van der Waals surface area contributed by atoms with Gasteiger partial charge in [0.2, 0.25) is 0 Å². The monoisotopic (exact) mass is 314 g/mol. The van der Waals surface area contributed by atoms with Gasteiger partial charge in [-0.1, -0.05) is 36.4 Å². The van der Waals surface area contributed by atoms with Gasteiger partial charge in [0.25, 0.3) is 5.91 Å². The first-order valence-corrected chi connectivity index (χ1v) is 8.25. The molecule has 22 heavy (non-hydrogen) atoms. The molecule has 1 spiro atoms. The molecule has 3 nitrogen and oxygen atoms in total. The second-order valence-corrected chi connectivity index (χ2v) is 6.77. The van der Waals surface area contributed by atoms with Crippen molar-refractivity contribution in [2.45, 2.75) is 11.4 Å². The Morgan fingerprint density at radius 2 is 1.95 bits per heavy atom. The molecule has 0 radical (unpaired) electrons. The molecule has 4 rings (SSSR count). The first-order chi connectivity index (χ1) is 10.7. The van der Waals surface area contributed by atoms with Crippen LogP contribution >= 0.6 is 11.8 Å². The zero-order chi connectivity index (χ0) is 15.2. The van der Waals surface area contributed by atoms with E-state index in [0.717, 1.165) is 23.5 Å². The summed E-state index contributed by atoms with van der Waals surface area (Å²) in [5.41, 5.74) is 2.39. The highest BCUT2D eigenvalue weighted by molar-refractivity contribution is 8.01. The highest BCUT2D eigenvalue weighted by atomic mass is 32.2. The molecule has 2 aromatic rings. The molecule has 1 amide bonds. The van der Waals surface area contributed by atoms with Crippen molar-refractivity contribution in [3.8, 4) is 0 Å². The number of nitrogens with one attached hydrogen (secondary N) is 1. The van der Waals surface area contributed by atoms with E-state index in [1.165, 1.54) is 6.07 Å². The van der Waals surface area contributed by atoms with Crippen LogP contribution in [-0.2, 0) is 16.2 Å². The van der Waals surface area contributed by atoms with Crippen molar-refractivity contribution in [3.63, 3.8) is 0 Å². The zero-order valence-corrected chi connectivity index (χ0v) is 12.7. The number of fused-ring (bicyclic) bond motifs is 2. The molecule has 5 heteroatoms. The SMILES string of the molecule is O=C1N(Cc2ccccc2F)c2ccccc2C12NCCS2. The number of thioether (sulfide) groups is 1. The van der Waals surface area contributed by atoms with E-state index in [0.29, 0.717) is 5.56 Å². The van der Waals surface area contributed by atoms with Gasteiger partial charge in [-0.3, -0.25) is 10.1 Å². The Labute approximate surface area is 132 Å². The van der Waals surface area contributed by atoms with Gasteiger partial charge in [-0.25, -0.2) is 4.39 Å². The van der Waals surface area contributed by atoms with Crippen molar-refractivity contribution in [3.05, 3.63) is 65.5 Å². The number of anilines is 1. The summed E-state index contributed by atoms with van der Waals surface area (Å²) in [6.07, 6.45) is 0. The van der Waals surface area contributed by atoms with E-state index >= 15 is 0 Å². The topological polar surface area (TPSA) is 32.3 Å². The average molecular weight is 314 g/mol. The summed E-state index contributed by atoms with van der Waals surface area (Å²) in [5, 5.41) is 3.35. The molecule has 0 aromatic heterocycles. The number of hydrogen-bond donors (Lipinski definition) is 1. The first-order valence-electron chi connectivity index (χ1n) is 7.26. The lowest BCUT2D eigenvalue weighted by Gasteiger charge is -2.23. The number of para-hydroxylation sites is 1. The molecule has 1 saturated heterocycles. The Morgan fingerprint density at radius 1 is 1.18 bits per heavy atom. The standard InChI is InChI=1S/C17H15FN2OS/c18-14-7-3-1-5-12(14)11-20-15-8-4-2-6-13(15)17(16(20)21)19-9-10-22-17/h1-8,19H,9-11H2. The number of rotatable bonds is 2. The predicted molar refractivity (Wildman–Crippen MR) is 86.2 cm³/mol. The Kier molecular flexibility index (Phi) is 3.20. The Morgan fingerprint density at radius 3 is 2.73 bits per heavy atom. The van der Waals surface area contributed by atoms with Crippen molar-refractivity contribution >= 4 is 23.4 Å². The van der Waals surface area contributed by atoms with E-state index in [1.54, 1.807) is 34.9 Å². The summed E-state index contributed by atoms with van der Waals surface area (Å²) >= 11 is 1.63. The van der Waals surface area contributed by atoms with Gasteiger partial charge >= 0.3 is 0 Å². The second-order valence-electron chi connectivity index (χ2n) is 5.46. The van der Waals surface area contributed by atoms with Gasteiger partial charge in [0.1, 0.15) is 5.82 Å². The lowest BCUT2D eigenvalue weighted by molar-refractivity contribution is -0.121. The summed E-state index contributed by atoms with van der Waals surface area (Å²) in [7, 11) is 0. The van der Waals surface area contributed by atoms with Crippen LogP contribution in [0.25, 0.3) is 0 Å². The smallest absolute Gasteiger partial charge is 0.262 e. The van der Waals surface area contributed by atoms with Crippen LogP contribution in [0.3, 0.4) is 0 Å². The minimum atomic E-state index is -0.693. The molecule has 1 unspecified atom stereocenters. The van der Waals surface area contributed by atoms with Crippen LogP contribution in [0.5, 0.6) is 0 Å². The van der Waals surface area contributed by atoms with Crippen LogP contribution < -0.4 is 10.2 Å². The third-order valence-corrected chi connectivity index (χ3v) is 5.58. The third kappa shape index (κ3) is 1.89. The van der Waals surface area contributed by atoms with Crippen LogP contribution in [0.1, 0.15) is 11.1 Å². The highest BCUT2D eigenvalue weighted by Gasteiger charge is 2.53. The maximum atomic E-state index is 14.0. The van der Waals surface area contributed by atoms with Gasteiger partial charge in [-0.2, -0.15) is 0 Å². The number of carbonyl (C=O) groups is 1. The summed E-state index contributed by atoms with van der Waals surface area (Å²) in [6, 6.07) is 14.4. The number of hydrogen-bond acceptors (Lipinski definition) is 3. The molecule has 2 aromatic carbocycles.